The van der Waals surface area contributed by atoms with Crippen molar-refractivity contribution >= 4 is 27.5 Å². The maximum Gasteiger partial charge on any atom is 0.257 e. The van der Waals surface area contributed by atoms with Crippen molar-refractivity contribution in [2.75, 3.05) is 7.05 Å². The number of thiazole rings is 1. The van der Waals surface area contributed by atoms with Gasteiger partial charge in [-0.1, -0.05) is 24.3 Å². The minimum absolute atomic E-state index is 0.0814. The van der Waals surface area contributed by atoms with Crippen molar-refractivity contribution in [1.29, 1.82) is 0 Å². The first-order valence-corrected chi connectivity index (χ1v) is 7.76. The van der Waals surface area contributed by atoms with Crippen LogP contribution in [-0.4, -0.2) is 22.8 Å². The number of benzene rings is 2. The average Bonchev–Trinajstić information content (AvgIpc) is 2.97. The second kappa shape index (κ2) is 5.85. The summed E-state index contributed by atoms with van der Waals surface area (Å²) >= 11 is 1.55. The van der Waals surface area contributed by atoms with Crippen molar-refractivity contribution in [2.45, 2.75) is 13.0 Å². The zero-order chi connectivity index (χ0) is 15.7. The Morgan fingerprint density at radius 1 is 1.18 bits per heavy atom. The van der Waals surface area contributed by atoms with E-state index in [0.29, 0.717) is 0 Å². The molecule has 1 aromatic heterocycles. The number of nitrogens with zero attached hydrogens (tertiary/aromatic N) is 2. The molecule has 0 aliphatic heterocycles. The lowest BCUT2D eigenvalue weighted by atomic mass is 10.1. The fourth-order valence-corrected chi connectivity index (χ4v) is 3.30. The van der Waals surface area contributed by atoms with Gasteiger partial charge in [-0.2, -0.15) is 0 Å². The number of hydrogen-bond acceptors (Lipinski definition) is 3. The Kier molecular flexibility index (Phi) is 3.90. The Bertz CT molecular complexity index is 797. The smallest absolute Gasteiger partial charge is 0.257 e. The van der Waals surface area contributed by atoms with E-state index >= 15 is 0 Å². The topological polar surface area (TPSA) is 33.2 Å². The highest BCUT2D eigenvalue weighted by Gasteiger charge is 2.23. The molecule has 0 N–H and O–H groups in total. The number of carbonyl (C=O) groups excluding carboxylic acids is 1. The van der Waals surface area contributed by atoms with Crippen LogP contribution in [0.4, 0.5) is 4.39 Å². The highest BCUT2D eigenvalue weighted by Crippen LogP contribution is 2.29. The predicted molar refractivity (Wildman–Crippen MR) is 86.5 cm³/mol. The molecule has 0 saturated heterocycles. The largest absolute Gasteiger partial charge is 0.332 e. The lowest BCUT2D eigenvalue weighted by Crippen LogP contribution is -2.30. The van der Waals surface area contributed by atoms with E-state index in [1.54, 1.807) is 30.5 Å². The number of aromatic nitrogens is 1. The lowest BCUT2D eigenvalue weighted by molar-refractivity contribution is 0.0738. The molecule has 0 fully saturated rings. The number of halogens is 1. The monoisotopic (exact) mass is 314 g/mol. The molecule has 1 amide bonds. The molecule has 22 heavy (non-hydrogen) atoms. The fraction of sp³-hybridized carbons (Fsp3) is 0.176. The summed E-state index contributed by atoms with van der Waals surface area (Å²) in [6.07, 6.45) is 0. The summed E-state index contributed by atoms with van der Waals surface area (Å²) < 4.78 is 14.9. The van der Waals surface area contributed by atoms with Gasteiger partial charge in [-0.3, -0.25) is 4.79 Å². The number of carbonyl (C=O) groups is 1. The Hall–Kier alpha value is -2.27. The molecular weight excluding hydrogens is 299 g/mol. The first kappa shape index (κ1) is 14.7. The van der Waals surface area contributed by atoms with Crippen molar-refractivity contribution in [3.05, 3.63) is 64.9 Å². The van der Waals surface area contributed by atoms with Gasteiger partial charge in [0.05, 0.1) is 21.8 Å². The van der Waals surface area contributed by atoms with E-state index in [4.69, 9.17) is 0 Å². The zero-order valence-electron chi connectivity index (χ0n) is 12.3. The van der Waals surface area contributed by atoms with Crippen molar-refractivity contribution in [3.8, 4) is 0 Å². The van der Waals surface area contributed by atoms with Crippen LogP contribution < -0.4 is 0 Å². The molecule has 0 unspecified atom stereocenters. The van der Waals surface area contributed by atoms with Crippen molar-refractivity contribution in [1.82, 2.24) is 9.88 Å². The van der Waals surface area contributed by atoms with E-state index in [1.165, 1.54) is 17.0 Å². The van der Waals surface area contributed by atoms with Crippen LogP contribution in [0.3, 0.4) is 0 Å². The molecule has 0 aliphatic rings. The molecule has 2 aromatic carbocycles. The Labute approximate surface area is 132 Å². The maximum absolute atomic E-state index is 13.8. The third-order valence-corrected chi connectivity index (χ3v) is 4.88. The van der Waals surface area contributed by atoms with Gasteiger partial charge in [0, 0.05) is 7.05 Å². The summed E-state index contributed by atoms with van der Waals surface area (Å²) in [4.78, 5) is 18.5. The average molecular weight is 314 g/mol. The van der Waals surface area contributed by atoms with Crippen LogP contribution >= 0.6 is 11.3 Å². The van der Waals surface area contributed by atoms with E-state index in [0.717, 1.165) is 15.2 Å². The Morgan fingerprint density at radius 3 is 2.59 bits per heavy atom. The Balaban J connectivity index is 1.89. The number of hydrogen-bond donors (Lipinski definition) is 0. The standard InChI is InChI=1S/C17H15FN2OS/c1-11(16-19-14-9-5-6-10-15(14)22-16)20(2)17(21)12-7-3-4-8-13(12)18/h3-11H,1-2H3/t11-/m0/s1. The van der Waals surface area contributed by atoms with Gasteiger partial charge in [0.25, 0.3) is 5.91 Å². The van der Waals surface area contributed by atoms with Gasteiger partial charge in [-0.05, 0) is 31.2 Å². The quantitative estimate of drug-likeness (QED) is 0.723. The Morgan fingerprint density at radius 2 is 1.86 bits per heavy atom. The normalized spacial score (nSPS) is 12.3. The second-order valence-corrected chi connectivity index (χ2v) is 6.15. The molecule has 112 valence electrons. The molecule has 1 atom stereocenters. The molecule has 0 aliphatic carbocycles. The number of fused-ring (bicyclic) bond motifs is 1. The van der Waals surface area contributed by atoms with E-state index in [1.807, 2.05) is 31.2 Å². The third kappa shape index (κ3) is 2.60. The number of para-hydroxylation sites is 1. The molecule has 0 bridgehead atoms. The van der Waals surface area contributed by atoms with E-state index in [-0.39, 0.29) is 17.5 Å². The van der Waals surface area contributed by atoms with Crippen LogP contribution in [0.15, 0.2) is 48.5 Å². The first-order valence-electron chi connectivity index (χ1n) is 6.95. The van der Waals surface area contributed by atoms with Crippen LogP contribution in [0.1, 0.15) is 28.3 Å². The second-order valence-electron chi connectivity index (χ2n) is 5.09. The van der Waals surface area contributed by atoms with Crippen LogP contribution in [0.2, 0.25) is 0 Å². The van der Waals surface area contributed by atoms with Crippen LogP contribution in [0.5, 0.6) is 0 Å². The molecule has 5 heteroatoms. The first-order chi connectivity index (χ1) is 10.6. The molecule has 3 aromatic rings. The minimum atomic E-state index is -0.504. The van der Waals surface area contributed by atoms with Crippen LogP contribution in [-0.2, 0) is 0 Å². The molecule has 3 nitrogen and oxygen atoms in total. The zero-order valence-corrected chi connectivity index (χ0v) is 13.1. The summed E-state index contributed by atoms with van der Waals surface area (Å²) in [6.45, 7) is 1.90. The van der Waals surface area contributed by atoms with Crippen molar-refractivity contribution in [2.24, 2.45) is 0 Å². The predicted octanol–water partition coefficient (Wildman–Crippen LogP) is 4.27. The van der Waals surface area contributed by atoms with Crippen LogP contribution in [0.25, 0.3) is 10.2 Å². The third-order valence-electron chi connectivity index (χ3n) is 3.67. The maximum atomic E-state index is 13.8. The molecule has 0 radical (unpaired) electrons. The molecule has 1 heterocycles. The lowest BCUT2D eigenvalue weighted by Gasteiger charge is -2.23. The summed E-state index contributed by atoms with van der Waals surface area (Å²) in [5, 5.41) is 0.841. The van der Waals surface area contributed by atoms with Gasteiger partial charge in [-0.15, -0.1) is 11.3 Å². The highest BCUT2D eigenvalue weighted by molar-refractivity contribution is 7.18. The van der Waals surface area contributed by atoms with Crippen LogP contribution in [0, 0.1) is 5.82 Å². The van der Waals surface area contributed by atoms with E-state index in [9.17, 15) is 9.18 Å². The molecule has 0 saturated carbocycles. The van der Waals surface area contributed by atoms with Crippen molar-refractivity contribution in [3.63, 3.8) is 0 Å². The molecule has 3 rings (SSSR count). The highest BCUT2D eigenvalue weighted by atomic mass is 32.1. The van der Waals surface area contributed by atoms with E-state index in [2.05, 4.69) is 4.98 Å². The SMILES string of the molecule is C[C@@H](c1nc2ccccc2s1)N(C)C(=O)c1ccccc1F. The van der Waals surface area contributed by atoms with Gasteiger partial charge in [0.1, 0.15) is 10.8 Å². The van der Waals surface area contributed by atoms with Crippen molar-refractivity contribution < 1.29 is 9.18 Å². The van der Waals surface area contributed by atoms with Gasteiger partial charge in [0.2, 0.25) is 0 Å². The van der Waals surface area contributed by atoms with Gasteiger partial charge in [0.15, 0.2) is 0 Å². The summed E-state index contributed by atoms with van der Waals surface area (Å²) in [7, 11) is 1.67. The minimum Gasteiger partial charge on any atom is -0.332 e. The van der Waals surface area contributed by atoms with Gasteiger partial charge in [-0.25, -0.2) is 9.37 Å². The molecule has 0 spiro atoms. The van der Waals surface area contributed by atoms with Gasteiger partial charge >= 0.3 is 0 Å². The summed E-state index contributed by atoms with van der Waals surface area (Å²) in [6, 6.07) is 13.7. The fourth-order valence-electron chi connectivity index (χ4n) is 2.23. The van der Waals surface area contributed by atoms with Gasteiger partial charge < -0.3 is 4.90 Å². The number of rotatable bonds is 3. The number of amides is 1. The summed E-state index contributed by atoms with van der Waals surface area (Å²) in [5.41, 5.74) is 0.999. The van der Waals surface area contributed by atoms with E-state index < -0.39 is 5.82 Å². The molecular formula is C17H15FN2OS. The summed E-state index contributed by atoms with van der Waals surface area (Å²) in [5.74, 6) is -0.847.